The highest BCUT2D eigenvalue weighted by molar-refractivity contribution is 6.09. The minimum atomic E-state index is 0.582. The quantitative estimate of drug-likeness (QED) is 0.177. The van der Waals surface area contributed by atoms with Gasteiger partial charge < -0.3 is 8.83 Å². The Bertz CT molecular complexity index is 2810. The topological polar surface area (TPSA) is 39.2 Å². The van der Waals surface area contributed by atoms with Gasteiger partial charge in [0.15, 0.2) is 5.58 Å². The van der Waals surface area contributed by atoms with E-state index in [1.165, 1.54) is 5.56 Å². The number of fused-ring (bicyclic) bond motifs is 4. The molecule has 0 atom stereocenters. The first-order chi connectivity index (χ1) is 25.7. The summed E-state index contributed by atoms with van der Waals surface area (Å²) in [5.74, 6) is 0.582. The lowest BCUT2D eigenvalue weighted by Gasteiger charge is -2.09. The van der Waals surface area contributed by atoms with Crippen molar-refractivity contribution in [2.75, 3.05) is 0 Å². The molecular weight excluding hydrogens is 635 g/mol. The van der Waals surface area contributed by atoms with Gasteiger partial charge in [0.1, 0.15) is 16.7 Å². The number of benzene rings is 8. The van der Waals surface area contributed by atoms with Gasteiger partial charge >= 0.3 is 0 Å². The van der Waals surface area contributed by atoms with Crippen LogP contribution in [0.15, 0.2) is 197 Å². The predicted octanol–water partition coefficient (Wildman–Crippen LogP) is 13.7. The van der Waals surface area contributed by atoms with E-state index in [0.29, 0.717) is 5.89 Å². The first kappa shape index (κ1) is 29.9. The number of oxazole rings is 1. The zero-order valence-electron chi connectivity index (χ0n) is 28.2. The Morgan fingerprint density at radius 1 is 0.288 bits per heavy atom. The van der Waals surface area contributed by atoms with Crippen LogP contribution in [-0.2, 0) is 0 Å². The number of aromatic nitrogens is 1. The van der Waals surface area contributed by atoms with E-state index >= 15 is 0 Å². The number of nitrogens with zero attached hydrogens (tertiary/aromatic N) is 1. The van der Waals surface area contributed by atoms with Gasteiger partial charge in [0.25, 0.3) is 0 Å². The van der Waals surface area contributed by atoms with E-state index in [-0.39, 0.29) is 0 Å². The van der Waals surface area contributed by atoms with Crippen molar-refractivity contribution >= 4 is 33.0 Å². The molecule has 3 nitrogen and oxygen atoms in total. The lowest BCUT2D eigenvalue weighted by atomic mass is 9.96. The van der Waals surface area contributed by atoms with Crippen LogP contribution in [-0.4, -0.2) is 4.98 Å². The third-order valence-electron chi connectivity index (χ3n) is 9.88. The molecule has 0 saturated heterocycles. The van der Waals surface area contributed by atoms with Crippen LogP contribution in [0.3, 0.4) is 0 Å². The Labute approximate surface area is 301 Å². The molecule has 2 aromatic heterocycles. The molecule has 0 aliphatic heterocycles. The molecule has 244 valence electrons. The van der Waals surface area contributed by atoms with Gasteiger partial charge in [-0.25, -0.2) is 4.98 Å². The Balaban J connectivity index is 1.17. The smallest absolute Gasteiger partial charge is 0.227 e. The molecular formula is C49H31NO2. The van der Waals surface area contributed by atoms with Crippen molar-refractivity contribution in [2.45, 2.75) is 0 Å². The van der Waals surface area contributed by atoms with E-state index in [4.69, 9.17) is 13.8 Å². The second-order valence-corrected chi connectivity index (χ2v) is 13.2. The second kappa shape index (κ2) is 12.4. The van der Waals surface area contributed by atoms with Crippen molar-refractivity contribution in [2.24, 2.45) is 0 Å². The largest absolute Gasteiger partial charge is 0.456 e. The van der Waals surface area contributed by atoms with Crippen LogP contribution in [0, 0.1) is 0 Å². The van der Waals surface area contributed by atoms with Crippen LogP contribution in [0.4, 0.5) is 0 Å². The van der Waals surface area contributed by atoms with Gasteiger partial charge in [0.2, 0.25) is 5.89 Å². The molecule has 0 amide bonds. The Morgan fingerprint density at radius 2 is 0.731 bits per heavy atom. The molecule has 0 unspecified atom stereocenters. The van der Waals surface area contributed by atoms with Gasteiger partial charge in [-0.2, -0.15) is 0 Å². The molecule has 3 heteroatoms. The van der Waals surface area contributed by atoms with Crippen LogP contribution in [0.25, 0.3) is 100 Å². The third-order valence-corrected chi connectivity index (χ3v) is 9.88. The van der Waals surface area contributed by atoms with Gasteiger partial charge in [-0.1, -0.05) is 133 Å². The van der Waals surface area contributed by atoms with E-state index in [2.05, 4.69) is 164 Å². The van der Waals surface area contributed by atoms with Gasteiger partial charge in [0, 0.05) is 21.9 Å². The summed E-state index contributed by atoms with van der Waals surface area (Å²) < 4.78 is 13.1. The highest BCUT2D eigenvalue weighted by Gasteiger charge is 2.19. The summed E-state index contributed by atoms with van der Waals surface area (Å²) in [5, 5.41) is 2.15. The van der Waals surface area contributed by atoms with Crippen molar-refractivity contribution in [3.05, 3.63) is 188 Å². The monoisotopic (exact) mass is 665 g/mol. The highest BCUT2D eigenvalue weighted by atomic mass is 16.3. The molecule has 0 saturated carbocycles. The Hall–Kier alpha value is -6.97. The molecule has 0 radical (unpaired) electrons. The van der Waals surface area contributed by atoms with E-state index in [0.717, 1.165) is 88.7 Å². The maximum absolute atomic E-state index is 6.74. The molecule has 0 bridgehead atoms. The molecule has 8 aromatic carbocycles. The summed E-state index contributed by atoms with van der Waals surface area (Å²) >= 11 is 0. The minimum absolute atomic E-state index is 0.582. The summed E-state index contributed by atoms with van der Waals surface area (Å²) in [4.78, 5) is 5.26. The van der Waals surface area contributed by atoms with E-state index in [9.17, 15) is 0 Å². The Morgan fingerprint density at radius 3 is 1.27 bits per heavy atom. The maximum atomic E-state index is 6.74. The van der Waals surface area contributed by atoms with Gasteiger partial charge in [0.05, 0.1) is 0 Å². The van der Waals surface area contributed by atoms with Crippen LogP contribution in [0.2, 0.25) is 0 Å². The zero-order chi connectivity index (χ0) is 34.4. The third kappa shape index (κ3) is 5.37. The number of furan rings is 1. The molecule has 52 heavy (non-hydrogen) atoms. The number of hydrogen-bond acceptors (Lipinski definition) is 3. The fourth-order valence-corrected chi connectivity index (χ4v) is 7.27. The van der Waals surface area contributed by atoms with E-state index in [1.54, 1.807) is 0 Å². The summed E-state index contributed by atoms with van der Waals surface area (Å²) in [5.41, 5.74) is 15.3. The standard InChI is InChI=1S/C49H31NO2/c1-5-13-32(14-6-1)36-21-23-45-43(28-36)44-29-37(22-24-46(44)51-45)42-30-40(35-19-11-4-12-20-35)31-47-48(42)50-49(52-47)41-26-38(33-15-7-2-8-16-33)25-39(27-41)34-17-9-3-10-18-34/h1-31H. The van der Waals surface area contributed by atoms with Crippen molar-refractivity contribution in [1.29, 1.82) is 0 Å². The van der Waals surface area contributed by atoms with Gasteiger partial charge in [-0.3, -0.25) is 0 Å². The van der Waals surface area contributed by atoms with Crippen LogP contribution < -0.4 is 0 Å². The summed E-state index contributed by atoms with van der Waals surface area (Å²) in [7, 11) is 0. The average Bonchev–Trinajstić information content (AvgIpc) is 3.83. The fraction of sp³-hybridized carbons (Fsp3) is 0. The minimum Gasteiger partial charge on any atom is -0.456 e. The van der Waals surface area contributed by atoms with E-state index < -0.39 is 0 Å². The molecule has 2 heterocycles. The van der Waals surface area contributed by atoms with Gasteiger partial charge in [-0.05, 0) is 105 Å². The average molecular weight is 666 g/mol. The molecule has 10 aromatic rings. The van der Waals surface area contributed by atoms with Crippen molar-refractivity contribution in [3.8, 4) is 67.1 Å². The zero-order valence-corrected chi connectivity index (χ0v) is 28.2. The van der Waals surface area contributed by atoms with Gasteiger partial charge in [-0.15, -0.1) is 0 Å². The lowest BCUT2D eigenvalue weighted by Crippen LogP contribution is -1.87. The molecule has 0 aliphatic rings. The predicted molar refractivity (Wildman–Crippen MR) is 214 cm³/mol. The Kier molecular flexibility index (Phi) is 7.14. The SMILES string of the molecule is c1ccc(-c2cc(-c3ccccc3)cc(-c3nc4c(-c5ccc6oc7ccc(-c8ccccc8)cc7c6c5)cc(-c5ccccc5)cc4o3)c2)cc1. The number of rotatable bonds is 6. The van der Waals surface area contributed by atoms with Crippen LogP contribution in [0.5, 0.6) is 0 Å². The molecule has 10 rings (SSSR count). The summed E-state index contributed by atoms with van der Waals surface area (Å²) in [6.07, 6.45) is 0. The molecule has 0 spiro atoms. The first-order valence-corrected chi connectivity index (χ1v) is 17.5. The lowest BCUT2D eigenvalue weighted by molar-refractivity contribution is 0.620. The first-order valence-electron chi connectivity index (χ1n) is 17.5. The van der Waals surface area contributed by atoms with Crippen LogP contribution >= 0.6 is 0 Å². The normalized spacial score (nSPS) is 11.5. The highest BCUT2D eigenvalue weighted by Crippen LogP contribution is 2.41. The van der Waals surface area contributed by atoms with E-state index in [1.807, 2.05) is 24.3 Å². The molecule has 0 N–H and O–H groups in total. The van der Waals surface area contributed by atoms with Crippen LogP contribution in [0.1, 0.15) is 0 Å². The summed E-state index contributed by atoms with van der Waals surface area (Å²) in [6.45, 7) is 0. The van der Waals surface area contributed by atoms with Crippen molar-refractivity contribution in [3.63, 3.8) is 0 Å². The van der Waals surface area contributed by atoms with Crippen molar-refractivity contribution in [1.82, 2.24) is 4.98 Å². The molecule has 0 fully saturated rings. The van der Waals surface area contributed by atoms with Crippen molar-refractivity contribution < 1.29 is 8.83 Å². The fourth-order valence-electron chi connectivity index (χ4n) is 7.27. The number of hydrogen-bond donors (Lipinski definition) is 0. The second-order valence-electron chi connectivity index (χ2n) is 13.2. The maximum Gasteiger partial charge on any atom is 0.227 e. The summed E-state index contributed by atoms with van der Waals surface area (Å²) in [6, 6.07) is 65.7. The molecule has 0 aliphatic carbocycles.